The first-order valence-electron chi connectivity index (χ1n) is 10.2. The number of carbonyl (C=O) groups is 2. The van der Waals surface area contributed by atoms with Gasteiger partial charge in [0.15, 0.2) is 0 Å². The number of aryl methyl sites for hydroxylation is 1. The number of fused-ring (bicyclic) bond motifs is 1. The van der Waals surface area contributed by atoms with Crippen LogP contribution in [0.15, 0.2) is 71.7 Å². The molecule has 0 aliphatic rings. The van der Waals surface area contributed by atoms with E-state index in [1.165, 1.54) is 28.7 Å². The smallest absolute Gasteiger partial charge is 0.340 e. The summed E-state index contributed by atoms with van der Waals surface area (Å²) in [4.78, 5) is 52.4. The number of benzene rings is 2. The fourth-order valence-electron chi connectivity index (χ4n) is 3.31. The molecule has 0 saturated carbocycles. The average Bonchev–Trinajstić information content (AvgIpc) is 2.82. The zero-order valence-electron chi connectivity index (χ0n) is 18.2. The Morgan fingerprint density at radius 2 is 1.89 bits per heavy atom. The van der Waals surface area contributed by atoms with Gasteiger partial charge in [-0.3, -0.25) is 24.1 Å². The minimum atomic E-state index is -0.748. The zero-order chi connectivity index (χ0) is 25.1. The zero-order valence-corrected chi connectivity index (χ0v) is 19.0. The van der Waals surface area contributed by atoms with E-state index in [9.17, 15) is 24.5 Å². The number of halogens is 1. The van der Waals surface area contributed by atoms with Crippen LogP contribution >= 0.6 is 11.6 Å². The molecule has 0 aliphatic carbocycles. The molecule has 10 nitrogen and oxygen atoms in total. The average molecular weight is 493 g/mol. The molecule has 1 N–H and O–H groups in total. The predicted octanol–water partition coefficient (Wildman–Crippen LogP) is 4.17. The molecular formula is C24H17ClN4O6. The second kappa shape index (κ2) is 9.74. The molecule has 0 fully saturated rings. The number of hydrogen-bond donors (Lipinski definition) is 1. The number of hydrogen-bond acceptors (Lipinski definition) is 7. The van der Waals surface area contributed by atoms with Crippen molar-refractivity contribution in [3.05, 3.63) is 115 Å². The summed E-state index contributed by atoms with van der Waals surface area (Å²) in [5, 5.41) is 13.3. The number of para-hydroxylation sites is 1. The summed E-state index contributed by atoms with van der Waals surface area (Å²) in [5.74, 6) is -1.41. The third kappa shape index (κ3) is 5.17. The molecule has 0 bridgehead atoms. The number of nitro groups is 1. The van der Waals surface area contributed by atoms with Gasteiger partial charge in [-0.2, -0.15) is 0 Å². The van der Waals surface area contributed by atoms with Crippen LogP contribution < -0.4 is 10.9 Å². The molecule has 11 heteroatoms. The Morgan fingerprint density at radius 1 is 1.11 bits per heavy atom. The van der Waals surface area contributed by atoms with Gasteiger partial charge in [-0.15, -0.1) is 0 Å². The topological polar surface area (TPSA) is 133 Å². The lowest BCUT2D eigenvalue weighted by molar-refractivity contribution is -0.384. The lowest BCUT2D eigenvalue weighted by Crippen LogP contribution is -2.18. The van der Waals surface area contributed by atoms with Gasteiger partial charge in [0, 0.05) is 24.4 Å². The molecule has 2 heterocycles. The number of ether oxygens (including phenoxy) is 1. The number of aromatic nitrogens is 2. The molecule has 2 aromatic heterocycles. The third-order valence-corrected chi connectivity index (χ3v) is 5.34. The number of carbonyl (C=O) groups excluding carboxylic acids is 2. The Balaban J connectivity index is 1.51. The van der Waals surface area contributed by atoms with Crippen molar-refractivity contribution >= 4 is 40.5 Å². The molecule has 35 heavy (non-hydrogen) atoms. The van der Waals surface area contributed by atoms with Gasteiger partial charge in [0.2, 0.25) is 0 Å². The maximum atomic E-state index is 12.8. The Hall–Kier alpha value is -4.57. The lowest BCUT2D eigenvalue weighted by Gasteiger charge is -2.12. The van der Waals surface area contributed by atoms with Gasteiger partial charge in [-0.25, -0.2) is 9.78 Å². The van der Waals surface area contributed by atoms with Crippen molar-refractivity contribution in [2.75, 3.05) is 5.32 Å². The van der Waals surface area contributed by atoms with Crippen molar-refractivity contribution in [2.24, 2.45) is 0 Å². The van der Waals surface area contributed by atoms with Gasteiger partial charge in [-0.05, 0) is 42.8 Å². The molecular weight excluding hydrogens is 476 g/mol. The maximum Gasteiger partial charge on any atom is 0.340 e. The van der Waals surface area contributed by atoms with Crippen molar-refractivity contribution in [1.82, 2.24) is 9.38 Å². The molecule has 2 aromatic carbocycles. The first-order chi connectivity index (χ1) is 16.7. The van der Waals surface area contributed by atoms with E-state index < -0.39 is 16.8 Å². The number of nitrogens with one attached hydrogen (secondary N) is 1. The number of rotatable bonds is 6. The molecule has 0 unspecified atom stereocenters. The van der Waals surface area contributed by atoms with Crippen molar-refractivity contribution in [3.63, 3.8) is 0 Å². The summed E-state index contributed by atoms with van der Waals surface area (Å²) < 4.78 is 6.72. The molecule has 176 valence electrons. The van der Waals surface area contributed by atoms with Crippen LogP contribution in [-0.2, 0) is 11.3 Å². The van der Waals surface area contributed by atoms with Crippen LogP contribution in [0.1, 0.15) is 32.0 Å². The van der Waals surface area contributed by atoms with Crippen molar-refractivity contribution < 1.29 is 19.2 Å². The summed E-state index contributed by atoms with van der Waals surface area (Å²) in [6.45, 7) is 1.61. The molecule has 0 aliphatic heterocycles. The molecule has 4 rings (SSSR count). The van der Waals surface area contributed by atoms with Crippen molar-refractivity contribution in [3.8, 4) is 0 Å². The number of esters is 1. The third-order valence-electron chi connectivity index (χ3n) is 5.03. The minimum Gasteiger partial charge on any atom is -0.456 e. The molecule has 1 amide bonds. The van der Waals surface area contributed by atoms with Crippen LogP contribution in [0.5, 0.6) is 0 Å². The summed E-state index contributed by atoms with van der Waals surface area (Å²) in [7, 11) is 0. The first-order valence-corrected chi connectivity index (χ1v) is 10.6. The van der Waals surface area contributed by atoms with Crippen LogP contribution in [0.2, 0.25) is 5.02 Å². The predicted molar refractivity (Wildman–Crippen MR) is 128 cm³/mol. The van der Waals surface area contributed by atoms with Crippen LogP contribution in [-0.4, -0.2) is 26.2 Å². The van der Waals surface area contributed by atoms with Crippen LogP contribution in [0.3, 0.4) is 0 Å². The van der Waals surface area contributed by atoms with E-state index in [1.807, 2.05) is 6.92 Å². The van der Waals surface area contributed by atoms with Gasteiger partial charge in [0.25, 0.3) is 17.2 Å². The van der Waals surface area contributed by atoms with Gasteiger partial charge < -0.3 is 10.1 Å². The summed E-state index contributed by atoms with van der Waals surface area (Å²) in [5.41, 5.74) is 1.26. The minimum absolute atomic E-state index is 0.00318. The maximum absolute atomic E-state index is 12.8. The van der Waals surface area contributed by atoms with Crippen LogP contribution in [0.4, 0.5) is 11.4 Å². The van der Waals surface area contributed by atoms with Crippen molar-refractivity contribution in [1.29, 1.82) is 0 Å². The Labute approximate surface area is 202 Å². The van der Waals surface area contributed by atoms with Crippen LogP contribution in [0.25, 0.3) is 5.65 Å². The van der Waals surface area contributed by atoms with E-state index in [4.69, 9.17) is 16.3 Å². The normalized spacial score (nSPS) is 10.7. The molecule has 4 aromatic rings. The van der Waals surface area contributed by atoms with E-state index in [2.05, 4.69) is 10.3 Å². The highest BCUT2D eigenvalue weighted by molar-refractivity contribution is 6.34. The van der Waals surface area contributed by atoms with Crippen molar-refractivity contribution in [2.45, 2.75) is 13.5 Å². The van der Waals surface area contributed by atoms with E-state index in [1.54, 1.807) is 30.5 Å². The first kappa shape index (κ1) is 23.6. The fraction of sp³-hybridized carbons (Fsp3) is 0.0833. The van der Waals surface area contributed by atoms with Gasteiger partial charge >= 0.3 is 5.97 Å². The highest BCUT2D eigenvalue weighted by Crippen LogP contribution is 2.24. The highest BCUT2D eigenvalue weighted by Gasteiger charge is 2.19. The quantitative estimate of drug-likeness (QED) is 0.242. The standard InChI is InChI=1S/C24H17ClN4O6/c1-14-8-9-28-21(10-14)26-15(11-22(28)30)13-35-24(32)18-4-2-3-5-20(18)27-23(31)17-7-6-16(29(33)34)12-19(17)25/h2-12H,13H2,1H3,(H,27,31). The van der Waals surface area contributed by atoms with Gasteiger partial charge in [-0.1, -0.05) is 23.7 Å². The van der Waals surface area contributed by atoms with E-state index in [0.29, 0.717) is 5.65 Å². The summed E-state index contributed by atoms with van der Waals surface area (Å²) in [6.07, 6.45) is 1.62. The molecule has 0 atom stereocenters. The Bertz CT molecular complexity index is 1550. The number of nitro benzene ring substituents is 1. The second-order valence-electron chi connectivity index (χ2n) is 7.52. The second-order valence-corrected chi connectivity index (χ2v) is 7.92. The van der Waals surface area contributed by atoms with E-state index in [0.717, 1.165) is 17.7 Å². The summed E-state index contributed by atoms with van der Waals surface area (Å²) in [6, 6.07) is 14.4. The van der Waals surface area contributed by atoms with E-state index >= 15 is 0 Å². The van der Waals surface area contributed by atoms with Gasteiger partial charge in [0.1, 0.15) is 12.3 Å². The lowest BCUT2D eigenvalue weighted by atomic mass is 10.1. The summed E-state index contributed by atoms with van der Waals surface area (Å²) >= 11 is 6.03. The van der Waals surface area contributed by atoms with Gasteiger partial charge in [0.05, 0.1) is 32.5 Å². The fourth-order valence-corrected chi connectivity index (χ4v) is 3.57. The number of nitrogens with zero attached hydrogens (tertiary/aromatic N) is 3. The highest BCUT2D eigenvalue weighted by atomic mass is 35.5. The molecule has 0 radical (unpaired) electrons. The number of non-ortho nitro benzene ring substituents is 1. The van der Waals surface area contributed by atoms with E-state index in [-0.39, 0.29) is 45.4 Å². The molecule has 0 saturated heterocycles. The number of amides is 1. The number of pyridine rings is 1. The Kier molecular flexibility index (Phi) is 6.56. The SMILES string of the molecule is Cc1ccn2c(=O)cc(COC(=O)c3ccccc3NC(=O)c3ccc([N+](=O)[O-])cc3Cl)nc2c1. The number of anilines is 1. The largest absolute Gasteiger partial charge is 0.456 e. The van der Waals surface area contributed by atoms with Crippen LogP contribution in [0, 0.1) is 17.0 Å². The molecule has 0 spiro atoms. The Morgan fingerprint density at radius 3 is 2.63 bits per heavy atom. The monoisotopic (exact) mass is 492 g/mol.